The molecule has 0 aliphatic carbocycles. The van der Waals surface area contributed by atoms with Crippen LogP contribution in [0, 0.1) is 0 Å². The van der Waals surface area contributed by atoms with E-state index in [2.05, 4.69) is 20.8 Å². The van der Waals surface area contributed by atoms with Gasteiger partial charge in [0.2, 0.25) is 11.8 Å². The average molecular weight is 454 g/mol. The lowest BCUT2D eigenvalue weighted by Gasteiger charge is -2.14. The van der Waals surface area contributed by atoms with Crippen molar-refractivity contribution in [1.82, 2.24) is 25.4 Å². The van der Waals surface area contributed by atoms with Crippen molar-refractivity contribution in [3.05, 3.63) is 71.5 Å². The Hall–Kier alpha value is -3.33. The van der Waals surface area contributed by atoms with E-state index in [1.165, 1.54) is 11.8 Å². The fraction of sp³-hybridized carbons (Fsp3) is 0.304. The second kappa shape index (κ2) is 11.3. The maximum absolute atomic E-state index is 12.3. The molecule has 0 radical (unpaired) electrons. The Labute approximate surface area is 191 Å². The highest BCUT2D eigenvalue weighted by atomic mass is 32.2. The molecule has 9 heteroatoms. The summed E-state index contributed by atoms with van der Waals surface area (Å²) in [6.07, 6.45) is 0.267. The number of hydrogen-bond donors (Lipinski definition) is 2. The number of carbonyl (C=O) groups is 2. The van der Waals surface area contributed by atoms with Crippen LogP contribution in [-0.4, -0.2) is 39.4 Å². The third kappa shape index (κ3) is 6.58. The minimum absolute atomic E-state index is 0.0692. The number of carbonyl (C=O) groups excluding carboxylic acids is 2. The minimum Gasteiger partial charge on any atom is -0.497 e. The van der Waals surface area contributed by atoms with Gasteiger partial charge in [0.25, 0.3) is 0 Å². The van der Waals surface area contributed by atoms with Crippen LogP contribution in [0.1, 0.15) is 29.9 Å². The predicted molar refractivity (Wildman–Crippen MR) is 123 cm³/mol. The molecule has 1 heterocycles. The van der Waals surface area contributed by atoms with Crippen molar-refractivity contribution in [3.63, 3.8) is 0 Å². The van der Waals surface area contributed by atoms with Gasteiger partial charge in [-0.25, -0.2) is 0 Å². The van der Waals surface area contributed by atoms with Gasteiger partial charge in [0.1, 0.15) is 5.75 Å². The van der Waals surface area contributed by atoms with Crippen LogP contribution < -0.4 is 15.4 Å². The van der Waals surface area contributed by atoms with E-state index in [9.17, 15) is 9.59 Å². The summed E-state index contributed by atoms with van der Waals surface area (Å²) in [5, 5.41) is 14.7. The third-order valence-corrected chi connectivity index (χ3v) is 5.92. The molecule has 3 rings (SSSR count). The lowest BCUT2D eigenvalue weighted by atomic mass is 10.1. The van der Waals surface area contributed by atoms with Gasteiger partial charge in [-0.05, 0) is 30.2 Å². The van der Waals surface area contributed by atoms with Crippen LogP contribution in [-0.2, 0) is 29.6 Å². The zero-order chi connectivity index (χ0) is 22.9. The van der Waals surface area contributed by atoms with Gasteiger partial charge in [-0.2, -0.15) is 0 Å². The predicted octanol–water partition coefficient (Wildman–Crippen LogP) is 2.65. The van der Waals surface area contributed by atoms with Crippen molar-refractivity contribution in [2.24, 2.45) is 7.05 Å². The van der Waals surface area contributed by atoms with Crippen LogP contribution in [0.15, 0.2) is 59.8 Å². The number of nitrogens with one attached hydrogen (secondary N) is 2. The van der Waals surface area contributed by atoms with Gasteiger partial charge in [0, 0.05) is 7.05 Å². The number of hydrogen-bond acceptors (Lipinski definition) is 6. The van der Waals surface area contributed by atoms with Crippen LogP contribution in [0.2, 0.25) is 0 Å². The Kier molecular flexibility index (Phi) is 8.27. The Morgan fingerprint density at radius 1 is 1.06 bits per heavy atom. The molecule has 2 aromatic carbocycles. The second-order valence-corrected chi connectivity index (χ2v) is 8.19. The highest BCUT2D eigenvalue weighted by Crippen LogP contribution is 2.17. The first-order chi connectivity index (χ1) is 15.5. The molecular weight excluding hydrogens is 426 g/mol. The number of amides is 2. The molecule has 0 spiro atoms. The molecule has 0 aliphatic rings. The summed E-state index contributed by atoms with van der Waals surface area (Å²) < 4.78 is 6.91. The number of ether oxygens (including phenoxy) is 1. The molecule has 1 atom stereocenters. The lowest BCUT2D eigenvalue weighted by Crippen LogP contribution is -2.28. The molecule has 0 bridgehead atoms. The van der Waals surface area contributed by atoms with Crippen LogP contribution in [0.25, 0.3) is 0 Å². The first-order valence-corrected chi connectivity index (χ1v) is 11.2. The second-order valence-electron chi connectivity index (χ2n) is 7.25. The van der Waals surface area contributed by atoms with Crippen LogP contribution in [0.4, 0.5) is 0 Å². The van der Waals surface area contributed by atoms with Gasteiger partial charge in [-0.3, -0.25) is 9.59 Å². The zero-order valence-corrected chi connectivity index (χ0v) is 19.2. The number of thioether (sulfide) groups is 1. The van der Waals surface area contributed by atoms with Gasteiger partial charge in [0.05, 0.1) is 31.9 Å². The monoisotopic (exact) mass is 453 g/mol. The van der Waals surface area contributed by atoms with Gasteiger partial charge in [-0.1, -0.05) is 54.2 Å². The van der Waals surface area contributed by atoms with Crippen molar-refractivity contribution in [3.8, 4) is 5.75 Å². The van der Waals surface area contributed by atoms with Crippen molar-refractivity contribution < 1.29 is 14.3 Å². The topological polar surface area (TPSA) is 98.1 Å². The Morgan fingerprint density at radius 3 is 2.47 bits per heavy atom. The van der Waals surface area contributed by atoms with Crippen LogP contribution in [0.3, 0.4) is 0 Å². The van der Waals surface area contributed by atoms with Crippen molar-refractivity contribution in [2.45, 2.75) is 31.1 Å². The number of methoxy groups -OCH3 is 1. The van der Waals surface area contributed by atoms with Crippen LogP contribution >= 0.6 is 11.8 Å². The summed E-state index contributed by atoms with van der Waals surface area (Å²) in [7, 11) is 3.42. The van der Waals surface area contributed by atoms with E-state index in [0.717, 1.165) is 16.9 Å². The molecule has 0 aliphatic heterocycles. The highest BCUT2D eigenvalue weighted by molar-refractivity contribution is 7.99. The molecule has 3 aromatic rings. The lowest BCUT2D eigenvalue weighted by molar-refractivity contribution is -0.121. The quantitative estimate of drug-likeness (QED) is 0.458. The maximum atomic E-state index is 12.3. The third-order valence-electron chi connectivity index (χ3n) is 4.90. The Balaban J connectivity index is 1.45. The van der Waals surface area contributed by atoms with E-state index in [-0.39, 0.29) is 36.6 Å². The molecule has 1 aromatic heterocycles. The van der Waals surface area contributed by atoms with E-state index in [1.807, 2.05) is 68.6 Å². The van der Waals surface area contributed by atoms with Gasteiger partial charge in [0.15, 0.2) is 11.0 Å². The zero-order valence-electron chi connectivity index (χ0n) is 18.4. The summed E-state index contributed by atoms with van der Waals surface area (Å²) in [6, 6.07) is 17.1. The normalized spacial score (nSPS) is 11.6. The smallest absolute Gasteiger partial charge is 0.230 e. The largest absolute Gasteiger partial charge is 0.497 e. The fourth-order valence-corrected chi connectivity index (χ4v) is 3.77. The summed E-state index contributed by atoms with van der Waals surface area (Å²) in [5.74, 6) is 1.41. The Morgan fingerprint density at radius 2 is 1.78 bits per heavy atom. The standard InChI is InChI=1S/C23H27N5O3S/c1-16(18-7-5-4-6-8-18)25-22(30)15-32-23-27-26-20(28(23)2)14-24-21(29)13-17-9-11-19(31-3)12-10-17/h4-12,16H,13-15H2,1-3H3,(H,24,29)(H,25,30)/t16-/m0/s1. The molecule has 0 unspecified atom stereocenters. The number of aromatic nitrogens is 3. The highest BCUT2D eigenvalue weighted by Gasteiger charge is 2.14. The van der Waals surface area contributed by atoms with E-state index < -0.39 is 0 Å². The SMILES string of the molecule is COc1ccc(CC(=O)NCc2nnc(SCC(=O)N[C@@H](C)c3ccccc3)n2C)cc1. The summed E-state index contributed by atoms with van der Waals surface area (Å²) >= 11 is 1.31. The van der Waals surface area contributed by atoms with E-state index in [1.54, 1.807) is 11.7 Å². The average Bonchev–Trinajstić information content (AvgIpc) is 3.16. The van der Waals surface area contributed by atoms with Crippen molar-refractivity contribution >= 4 is 23.6 Å². The molecular formula is C23H27N5O3S. The minimum atomic E-state index is -0.110. The first kappa shape index (κ1) is 23.3. The van der Waals surface area contributed by atoms with Crippen molar-refractivity contribution in [1.29, 1.82) is 0 Å². The summed E-state index contributed by atoms with van der Waals surface area (Å²) in [4.78, 5) is 24.5. The van der Waals surface area contributed by atoms with Crippen LogP contribution in [0.5, 0.6) is 5.75 Å². The number of nitrogens with zero attached hydrogens (tertiary/aromatic N) is 3. The van der Waals surface area contributed by atoms with E-state index in [4.69, 9.17) is 4.74 Å². The molecule has 0 saturated carbocycles. The van der Waals surface area contributed by atoms with Gasteiger partial charge >= 0.3 is 0 Å². The summed E-state index contributed by atoms with van der Waals surface area (Å²) in [5.41, 5.74) is 1.95. The number of benzene rings is 2. The molecule has 2 amide bonds. The molecule has 0 saturated heterocycles. The molecule has 2 N–H and O–H groups in total. The van der Waals surface area contributed by atoms with Crippen molar-refractivity contribution in [2.75, 3.05) is 12.9 Å². The number of rotatable bonds is 10. The summed E-state index contributed by atoms with van der Waals surface area (Å²) in [6.45, 7) is 2.21. The molecule has 168 valence electrons. The Bertz CT molecular complexity index is 1040. The van der Waals surface area contributed by atoms with E-state index >= 15 is 0 Å². The maximum Gasteiger partial charge on any atom is 0.230 e. The first-order valence-electron chi connectivity index (χ1n) is 10.2. The van der Waals surface area contributed by atoms with Gasteiger partial charge in [-0.15, -0.1) is 10.2 Å². The van der Waals surface area contributed by atoms with Gasteiger partial charge < -0.3 is 19.9 Å². The molecule has 8 nitrogen and oxygen atoms in total. The molecule has 32 heavy (non-hydrogen) atoms. The molecule has 0 fully saturated rings. The van der Waals surface area contributed by atoms with E-state index in [0.29, 0.717) is 11.0 Å². The fourth-order valence-electron chi connectivity index (χ4n) is 3.03.